The van der Waals surface area contributed by atoms with Crippen LogP contribution in [-0.2, 0) is 0 Å². The van der Waals surface area contributed by atoms with Gasteiger partial charge in [0.2, 0.25) is 0 Å². The van der Waals surface area contributed by atoms with Crippen LogP contribution in [0.1, 0.15) is 28.8 Å². The predicted molar refractivity (Wildman–Crippen MR) is 128 cm³/mol. The van der Waals surface area contributed by atoms with Gasteiger partial charge in [-0.1, -0.05) is 18.2 Å². The van der Waals surface area contributed by atoms with Gasteiger partial charge < -0.3 is 10.2 Å². The molecule has 3 heterocycles. The molecule has 0 unspecified atom stereocenters. The Labute approximate surface area is 181 Å². The van der Waals surface area contributed by atoms with Crippen LogP contribution in [0.2, 0.25) is 0 Å². The second kappa shape index (κ2) is 7.73. The second-order valence-electron chi connectivity index (χ2n) is 8.10. The van der Waals surface area contributed by atoms with Crippen molar-refractivity contribution in [3.05, 3.63) is 64.8 Å². The lowest BCUT2D eigenvalue weighted by molar-refractivity contribution is 0.949. The average Bonchev–Trinajstić information content (AvgIpc) is 3.39. The average molecular weight is 415 g/mol. The molecule has 152 valence electrons. The van der Waals surface area contributed by atoms with Crippen LogP contribution in [0.3, 0.4) is 0 Å². The summed E-state index contributed by atoms with van der Waals surface area (Å²) in [5, 5.41) is 4.65. The zero-order valence-electron chi connectivity index (χ0n) is 17.7. The van der Waals surface area contributed by atoms with Crippen LogP contribution in [0.25, 0.3) is 21.3 Å². The van der Waals surface area contributed by atoms with E-state index < -0.39 is 0 Å². The van der Waals surface area contributed by atoms with Crippen molar-refractivity contribution in [1.82, 2.24) is 9.97 Å². The fourth-order valence-electron chi connectivity index (χ4n) is 4.25. The first-order valence-corrected chi connectivity index (χ1v) is 11.4. The first-order valence-electron chi connectivity index (χ1n) is 10.5. The highest BCUT2D eigenvalue weighted by Gasteiger charge is 2.18. The van der Waals surface area contributed by atoms with Crippen molar-refractivity contribution >= 4 is 38.7 Å². The maximum absolute atomic E-state index is 4.62. The quantitative estimate of drug-likeness (QED) is 0.407. The molecule has 0 radical (unpaired) electrons. The lowest BCUT2D eigenvalue weighted by Gasteiger charge is -2.18. The van der Waals surface area contributed by atoms with Crippen molar-refractivity contribution in [3.8, 4) is 11.1 Å². The van der Waals surface area contributed by atoms with Crippen molar-refractivity contribution in [2.75, 3.05) is 23.3 Å². The molecule has 5 heteroatoms. The fourth-order valence-corrected chi connectivity index (χ4v) is 5.26. The van der Waals surface area contributed by atoms with Gasteiger partial charge >= 0.3 is 0 Å². The van der Waals surface area contributed by atoms with E-state index in [2.05, 4.69) is 83.4 Å². The third-order valence-electron chi connectivity index (χ3n) is 6.06. The summed E-state index contributed by atoms with van der Waals surface area (Å²) in [6.45, 7) is 8.81. The maximum Gasteiger partial charge on any atom is 0.143 e. The number of anilines is 3. The van der Waals surface area contributed by atoms with Gasteiger partial charge in [0.05, 0.1) is 5.39 Å². The fraction of sp³-hybridized carbons (Fsp3) is 0.280. The number of hydrogen-bond acceptors (Lipinski definition) is 5. The molecule has 0 bridgehead atoms. The standard InChI is InChI=1S/C25H26N4S/c1-16-6-7-19(14-17(16)2)22-18(3)30-25-23(22)24(26-15-27-25)28-20-8-10-21(11-9-20)29-12-4-5-13-29/h6-11,14-15H,4-5,12-13H2,1-3H3,(H,26,27,28). The van der Waals surface area contributed by atoms with Crippen molar-refractivity contribution < 1.29 is 0 Å². The Morgan fingerprint density at radius 1 is 0.900 bits per heavy atom. The molecule has 0 spiro atoms. The molecule has 1 aliphatic heterocycles. The van der Waals surface area contributed by atoms with Gasteiger partial charge in [0.25, 0.3) is 0 Å². The Balaban J connectivity index is 1.54. The highest BCUT2D eigenvalue weighted by atomic mass is 32.1. The van der Waals surface area contributed by atoms with Gasteiger partial charge in [0, 0.05) is 34.9 Å². The predicted octanol–water partition coefficient (Wildman–Crippen LogP) is 6.63. The second-order valence-corrected chi connectivity index (χ2v) is 9.30. The van der Waals surface area contributed by atoms with Gasteiger partial charge in [-0.15, -0.1) is 11.3 Å². The summed E-state index contributed by atoms with van der Waals surface area (Å²) < 4.78 is 0. The van der Waals surface area contributed by atoms with Crippen molar-refractivity contribution in [3.63, 3.8) is 0 Å². The van der Waals surface area contributed by atoms with E-state index in [-0.39, 0.29) is 0 Å². The van der Waals surface area contributed by atoms with E-state index in [9.17, 15) is 0 Å². The third-order valence-corrected chi connectivity index (χ3v) is 7.07. The van der Waals surface area contributed by atoms with E-state index >= 15 is 0 Å². The Morgan fingerprint density at radius 3 is 2.40 bits per heavy atom. The molecule has 1 N–H and O–H groups in total. The van der Waals surface area contributed by atoms with Crippen molar-refractivity contribution in [2.45, 2.75) is 33.6 Å². The Hall–Kier alpha value is -2.92. The molecule has 0 aliphatic carbocycles. The number of hydrogen-bond donors (Lipinski definition) is 1. The normalized spacial score (nSPS) is 13.9. The number of nitrogens with zero attached hydrogens (tertiary/aromatic N) is 3. The van der Waals surface area contributed by atoms with Gasteiger partial charge in [-0.2, -0.15) is 0 Å². The first kappa shape index (κ1) is 19.1. The van der Waals surface area contributed by atoms with E-state index in [1.54, 1.807) is 17.7 Å². The number of thiophene rings is 1. The molecule has 0 amide bonds. The van der Waals surface area contributed by atoms with Crippen molar-refractivity contribution in [1.29, 1.82) is 0 Å². The number of aryl methyl sites for hydroxylation is 3. The van der Waals surface area contributed by atoms with Crippen LogP contribution in [0, 0.1) is 20.8 Å². The molecule has 1 saturated heterocycles. The topological polar surface area (TPSA) is 41.1 Å². The first-order chi connectivity index (χ1) is 14.6. The Morgan fingerprint density at radius 2 is 1.67 bits per heavy atom. The van der Waals surface area contributed by atoms with Gasteiger partial charge in [0.15, 0.2) is 0 Å². The highest BCUT2D eigenvalue weighted by Crippen LogP contribution is 2.41. The summed E-state index contributed by atoms with van der Waals surface area (Å²) in [4.78, 5) is 13.9. The number of benzene rings is 2. The van der Waals surface area contributed by atoms with Crippen LogP contribution in [0.4, 0.5) is 17.2 Å². The van der Waals surface area contributed by atoms with Gasteiger partial charge in [-0.05, 0) is 74.6 Å². The maximum atomic E-state index is 4.62. The minimum Gasteiger partial charge on any atom is -0.372 e. The molecule has 4 aromatic rings. The van der Waals surface area contributed by atoms with Crippen LogP contribution in [0.15, 0.2) is 48.8 Å². The number of rotatable bonds is 4. The van der Waals surface area contributed by atoms with E-state index in [0.29, 0.717) is 0 Å². The van der Waals surface area contributed by atoms with E-state index in [0.717, 1.165) is 34.8 Å². The lowest BCUT2D eigenvalue weighted by atomic mass is 9.99. The molecule has 30 heavy (non-hydrogen) atoms. The van der Waals surface area contributed by atoms with Gasteiger partial charge in [0.1, 0.15) is 17.0 Å². The molecular formula is C25H26N4S. The van der Waals surface area contributed by atoms with Crippen LogP contribution in [0.5, 0.6) is 0 Å². The molecule has 2 aromatic heterocycles. The molecule has 1 aliphatic rings. The largest absolute Gasteiger partial charge is 0.372 e. The van der Waals surface area contributed by atoms with Gasteiger partial charge in [-0.3, -0.25) is 0 Å². The molecule has 4 nitrogen and oxygen atoms in total. The molecule has 0 saturated carbocycles. The van der Waals surface area contributed by atoms with E-state index in [4.69, 9.17) is 0 Å². The monoisotopic (exact) mass is 414 g/mol. The summed E-state index contributed by atoms with van der Waals surface area (Å²) in [5.74, 6) is 0.867. The zero-order chi connectivity index (χ0) is 20.7. The third kappa shape index (κ3) is 3.43. The van der Waals surface area contributed by atoms with Crippen LogP contribution in [-0.4, -0.2) is 23.1 Å². The number of fused-ring (bicyclic) bond motifs is 1. The summed E-state index contributed by atoms with van der Waals surface area (Å²) in [6, 6.07) is 15.4. The minimum absolute atomic E-state index is 0.867. The lowest BCUT2D eigenvalue weighted by Crippen LogP contribution is -2.17. The number of aromatic nitrogens is 2. The summed E-state index contributed by atoms with van der Waals surface area (Å²) >= 11 is 1.73. The summed E-state index contributed by atoms with van der Waals surface area (Å²) in [6.07, 6.45) is 4.23. The summed E-state index contributed by atoms with van der Waals surface area (Å²) in [7, 11) is 0. The SMILES string of the molecule is Cc1ccc(-c2c(C)sc3ncnc(Nc4ccc(N5CCCC5)cc4)c23)cc1C. The smallest absolute Gasteiger partial charge is 0.143 e. The Bertz CT molecular complexity index is 1200. The highest BCUT2D eigenvalue weighted by molar-refractivity contribution is 7.19. The summed E-state index contributed by atoms with van der Waals surface area (Å²) in [5.41, 5.74) is 7.42. The molecule has 2 aromatic carbocycles. The van der Waals surface area contributed by atoms with E-state index in [1.165, 1.54) is 45.7 Å². The molecule has 5 rings (SSSR count). The zero-order valence-corrected chi connectivity index (χ0v) is 18.5. The molecule has 1 fully saturated rings. The number of nitrogens with one attached hydrogen (secondary N) is 1. The van der Waals surface area contributed by atoms with Crippen LogP contribution >= 0.6 is 11.3 Å². The van der Waals surface area contributed by atoms with Gasteiger partial charge in [-0.25, -0.2) is 9.97 Å². The molecule has 0 atom stereocenters. The Kier molecular flexibility index (Phi) is 4.91. The van der Waals surface area contributed by atoms with E-state index in [1.807, 2.05) is 0 Å². The van der Waals surface area contributed by atoms with Crippen LogP contribution < -0.4 is 10.2 Å². The minimum atomic E-state index is 0.867. The molecular weight excluding hydrogens is 388 g/mol. The van der Waals surface area contributed by atoms with Crippen molar-refractivity contribution in [2.24, 2.45) is 0 Å².